The van der Waals surface area contributed by atoms with E-state index in [1.54, 1.807) is 31.2 Å². The molecule has 0 heterocycles. The van der Waals surface area contributed by atoms with Gasteiger partial charge in [-0.2, -0.15) is 0 Å². The minimum atomic E-state index is -3.82. The number of anilines is 1. The molecule has 190 valence electrons. The van der Waals surface area contributed by atoms with Crippen LogP contribution in [0.3, 0.4) is 0 Å². The lowest BCUT2D eigenvalue weighted by molar-refractivity contribution is -0.139. The summed E-state index contributed by atoms with van der Waals surface area (Å²) in [5.74, 6) is -0.402. The highest BCUT2D eigenvalue weighted by Gasteiger charge is 2.32. The molecule has 1 saturated carbocycles. The highest BCUT2D eigenvalue weighted by molar-refractivity contribution is 9.10. The molecule has 0 aromatic heterocycles. The van der Waals surface area contributed by atoms with Gasteiger partial charge < -0.3 is 15.0 Å². The van der Waals surface area contributed by atoms with E-state index in [4.69, 9.17) is 4.74 Å². The summed E-state index contributed by atoms with van der Waals surface area (Å²) in [6.45, 7) is 1.38. The number of hydrogen-bond acceptors (Lipinski definition) is 5. The van der Waals surface area contributed by atoms with E-state index in [9.17, 15) is 18.0 Å². The maximum atomic E-state index is 13.6. The molecule has 35 heavy (non-hydrogen) atoms. The molecule has 0 radical (unpaired) electrons. The second-order valence-corrected chi connectivity index (χ2v) is 11.6. The number of benzene rings is 2. The van der Waals surface area contributed by atoms with Crippen molar-refractivity contribution in [2.45, 2.75) is 51.2 Å². The monoisotopic (exact) mass is 565 g/mol. The summed E-state index contributed by atoms with van der Waals surface area (Å²) in [7, 11) is -2.38. The van der Waals surface area contributed by atoms with E-state index in [1.165, 1.54) is 12.0 Å². The lowest BCUT2D eigenvalue weighted by Crippen LogP contribution is -2.52. The van der Waals surface area contributed by atoms with Crippen LogP contribution in [0.15, 0.2) is 53.0 Å². The quantitative estimate of drug-likeness (QED) is 0.473. The summed E-state index contributed by atoms with van der Waals surface area (Å²) in [5.41, 5.74) is 1.09. The fraction of sp³-hybridized carbons (Fsp3) is 0.440. The van der Waals surface area contributed by atoms with Crippen LogP contribution in [0.1, 0.15) is 38.2 Å². The molecular formula is C25H32BrN3O5S. The first kappa shape index (κ1) is 27.0. The van der Waals surface area contributed by atoms with Crippen LogP contribution < -0.4 is 14.4 Å². The normalized spacial score (nSPS) is 14.9. The Morgan fingerprint density at radius 1 is 1.11 bits per heavy atom. The van der Waals surface area contributed by atoms with Gasteiger partial charge in [0.05, 0.1) is 19.1 Å². The summed E-state index contributed by atoms with van der Waals surface area (Å²) in [6, 6.07) is 13.4. The first-order valence-electron chi connectivity index (χ1n) is 11.5. The molecule has 0 spiro atoms. The molecule has 0 unspecified atom stereocenters. The lowest BCUT2D eigenvalue weighted by atomic mass is 10.1. The first-order valence-corrected chi connectivity index (χ1v) is 14.2. The second-order valence-electron chi connectivity index (χ2n) is 8.76. The Bertz CT molecular complexity index is 1130. The predicted molar refractivity (Wildman–Crippen MR) is 140 cm³/mol. The van der Waals surface area contributed by atoms with Gasteiger partial charge in [-0.1, -0.05) is 53.0 Å². The number of nitrogens with one attached hydrogen (secondary N) is 1. The van der Waals surface area contributed by atoms with Crippen LogP contribution in [0.5, 0.6) is 5.75 Å². The molecule has 1 fully saturated rings. The smallest absolute Gasteiger partial charge is 0.244 e. The van der Waals surface area contributed by atoms with Gasteiger partial charge in [0.2, 0.25) is 21.8 Å². The first-order chi connectivity index (χ1) is 16.6. The third-order valence-electron chi connectivity index (χ3n) is 6.17. The van der Waals surface area contributed by atoms with Crippen LogP contribution in [0.4, 0.5) is 5.69 Å². The van der Waals surface area contributed by atoms with Gasteiger partial charge in [-0.05, 0) is 49.6 Å². The van der Waals surface area contributed by atoms with Gasteiger partial charge in [0, 0.05) is 17.1 Å². The van der Waals surface area contributed by atoms with Gasteiger partial charge in [0.15, 0.2) is 0 Å². The number of halogens is 1. The highest BCUT2D eigenvalue weighted by Crippen LogP contribution is 2.29. The molecule has 1 aliphatic rings. The number of carbonyl (C=O) groups excluding carboxylic acids is 2. The summed E-state index contributed by atoms with van der Waals surface area (Å²) in [5, 5.41) is 3.05. The summed E-state index contributed by atoms with van der Waals surface area (Å²) >= 11 is 3.41. The number of nitrogens with zero attached hydrogens (tertiary/aromatic N) is 2. The van der Waals surface area contributed by atoms with Gasteiger partial charge in [-0.25, -0.2) is 8.42 Å². The van der Waals surface area contributed by atoms with Gasteiger partial charge in [0.1, 0.15) is 18.3 Å². The second kappa shape index (κ2) is 11.9. The third-order valence-corrected chi connectivity index (χ3v) is 7.82. The standard InChI is InChI=1S/C25H32BrN3O5S/c1-18(25(31)27-21-8-4-5-9-21)28(16-19-12-14-20(26)15-13-19)24(30)17-29(35(3,32)33)22-10-6-7-11-23(22)34-2/h6-7,10-15,18,21H,4-5,8-9,16-17H2,1-3H3,(H,27,31)/t18-/m1/s1. The van der Waals surface area contributed by atoms with Crippen LogP contribution in [0.2, 0.25) is 0 Å². The SMILES string of the molecule is COc1ccccc1N(CC(=O)N(Cc1ccc(Br)cc1)[C@H](C)C(=O)NC1CCCC1)S(C)(=O)=O. The number of methoxy groups -OCH3 is 1. The Balaban J connectivity index is 1.89. The number of hydrogen-bond donors (Lipinski definition) is 1. The van der Waals surface area contributed by atoms with Crippen molar-refractivity contribution in [3.63, 3.8) is 0 Å². The molecule has 8 nitrogen and oxygen atoms in total. The molecule has 1 N–H and O–H groups in total. The topological polar surface area (TPSA) is 96.0 Å². The number of para-hydroxylation sites is 2. The van der Waals surface area contributed by atoms with E-state index in [-0.39, 0.29) is 24.2 Å². The fourth-order valence-corrected chi connectivity index (χ4v) is 5.31. The molecule has 0 bridgehead atoms. The molecule has 2 aromatic carbocycles. The van der Waals surface area contributed by atoms with E-state index >= 15 is 0 Å². The van der Waals surface area contributed by atoms with Crippen molar-refractivity contribution < 1.29 is 22.7 Å². The van der Waals surface area contributed by atoms with Crippen molar-refractivity contribution >= 4 is 43.5 Å². The number of rotatable bonds is 10. The zero-order chi connectivity index (χ0) is 25.6. The molecule has 2 amide bonds. The van der Waals surface area contributed by atoms with Gasteiger partial charge in [-0.15, -0.1) is 0 Å². The summed E-state index contributed by atoms with van der Waals surface area (Å²) in [6.07, 6.45) is 5.04. The minimum absolute atomic E-state index is 0.107. The van der Waals surface area contributed by atoms with Crippen molar-refractivity contribution in [2.75, 3.05) is 24.2 Å². The fourth-order valence-electron chi connectivity index (χ4n) is 4.19. The Hall–Kier alpha value is -2.59. The Morgan fingerprint density at radius 3 is 2.34 bits per heavy atom. The number of ether oxygens (including phenoxy) is 1. The molecule has 3 rings (SSSR count). The predicted octanol–water partition coefficient (Wildman–Crippen LogP) is 3.70. The highest BCUT2D eigenvalue weighted by atomic mass is 79.9. The van der Waals surface area contributed by atoms with Crippen LogP contribution >= 0.6 is 15.9 Å². The average Bonchev–Trinajstić information content (AvgIpc) is 3.34. The lowest BCUT2D eigenvalue weighted by Gasteiger charge is -2.32. The number of amides is 2. The van der Waals surface area contributed by atoms with Gasteiger partial charge in [-0.3, -0.25) is 13.9 Å². The number of carbonyl (C=O) groups is 2. The minimum Gasteiger partial charge on any atom is -0.495 e. The van der Waals surface area contributed by atoms with Crippen molar-refractivity contribution in [3.8, 4) is 5.75 Å². The molecule has 1 atom stereocenters. The molecular weight excluding hydrogens is 534 g/mol. The van der Waals surface area contributed by atoms with Crippen molar-refractivity contribution in [2.24, 2.45) is 0 Å². The van der Waals surface area contributed by atoms with Crippen LogP contribution in [0, 0.1) is 0 Å². The van der Waals surface area contributed by atoms with Crippen molar-refractivity contribution in [1.29, 1.82) is 0 Å². The maximum absolute atomic E-state index is 13.6. The van der Waals surface area contributed by atoms with Crippen molar-refractivity contribution in [1.82, 2.24) is 10.2 Å². The van der Waals surface area contributed by atoms with Gasteiger partial charge >= 0.3 is 0 Å². The maximum Gasteiger partial charge on any atom is 0.244 e. The van der Waals surface area contributed by atoms with Crippen LogP contribution in [0.25, 0.3) is 0 Å². The molecule has 0 saturated heterocycles. The molecule has 2 aromatic rings. The van der Waals surface area contributed by atoms with E-state index in [2.05, 4.69) is 21.2 Å². The average molecular weight is 567 g/mol. The van der Waals surface area contributed by atoms with Gasteiger partial charge in [0.25, 0.3) is 0 Å². The largest absolute Gasteiger partial charge is 0.495 e. The molecule has 10 heteroatoms. The molecule has 0 aliphatic heterocycles. The third kappa shape index (κ3) is 7.20. The Morgan fingerprint density at radius 2 is 1.74 bits per heavy atom. The van der Waals surface area contributed by atoms with E-state index in [0.717, 1.165) is 46.3 Å². The van der Waals surface area contributed by atoms with E-state index < -0.39 is 28.5 Å². The number of sulfonamides is 1. The zero-order valence-electron chi connectivity index (χ0n) is 20.2. The Kier molecular flexibility index (Phi) is 9.18. The molecule has 1 aliphatic carbocycles. The summed E-state index contributed by atoms with van der Waals surface area (Å²) in [4.78, 5) is 28.1. The zero-order valence-corrected chi connectivity index (χ0v) is 22.6. The van der Waals surface area contributed by atoms with E-state index in [1.807, 2.05) is 24.3 Å². The van der Waals surface area contributed by atoms with Crippen LogP contribution in [-0.2, 0) is 26.2 Å². The van der Waals surface area contributed by atoms with E-state index in [0.29, 0.717) is 5.75 Å². The Labute approximate surface area is 215 Å². The summed E-state index contributed by atoms with van der Waals surface area (Å²) < 4.78 is 32.6. The van der Waals surface area contributed by atoms with Crippen molar-refractivity contribution in [3.05, 3.63) is 58.6 Å². The van der Waals surface area contributed by atoms with Crippen LogP contribution in [-0.4, -0.2) is 57.1 Å².